The van der Waals surface area contributed by atoms with Gasteiger partial charge in [-0.2, -0.15) is 8.75 Å². The van der Waals surface area contributed by atoms with E-state index in [0.29, 0.717) is 11.8 Å². The van der Waals surface area contributed by atoms with Crippen LogP contribution in [0.2, 0.25) is 0 Å². The predicted molar refractivity (Wildman–Crippen MR) is 184 cm³/mol. The lowest BCUT2D eigenvalue weighted by atomic mass is 9.98. The monoisotopic (exact) mass is 596 g/mol. The Morgan fingerprint density at radius 3 is 1.37 bits per heavy atom. The summed E-state index contributed by atoms with van der Waals surface area (Å²) in [4.78, 5) is 0. The Morgan fingerprint density at radius 1 is 0.605 bits per heavy atom. The Bertz CT molecular complexity index is 1370. The van der Waals surface area contributed by atoms with E-state index in [-0.39, 0.29) is 0 Å². The van der Waals surface area contributed by atoms with Crippen LogP contribution < -0.4 is 9.47 Å². The minimum Gasteiger partial charge on any atom is -0.494 e. The highest BCUT2D eigenvalue weighted by Gasteiger charge is 2.14. The molecule has 0 aliphatic heterocycles. The molecule has 4 nitrogen and oxygen atoms in total. The lowest BCUT2D eigenvalue weighted by molar-refractivity contribution is 0.279. The summed E-state index contributed by atoms with van der Waals surface area (Å²) in [5, 5.41) is 0. The molecule has 0 bridgehead atoms. The molecule has 0 N–H and O–H groups in total. The zero-order valence-corrected chi connectivity index (χ0v) is 27.7. The van der Waals surface area contributed by atoms with Crippen LogP contribution in [0.25, 0.3) is 33.3 Å². The molecule has 0 fully saturated rings. The number of rotatable bonds is 16. The van der Waals surface area contributed by atoms with Crippen LogP contribution in [0.5, 0.6) is 11.5 Å². The molecule has 1 aromatic heterocycles. The van der Waals surface area contributed by atoms with Gasteiger partial charge in [0.25, 0.3) is 0 Å². The predicted octanol–water partition coefficient (Wildman–Crippen LogP) is 11.3. The van der Waals surface area contributed by atoms with Crippen LogP contribution >= 0.6 is 11.7 Å². The molecular formula is C38H48N2O2S. The molecule has 228 valence electrons. The van der Waals surface area contributed by atoms with E-state index in [0.717, 1.165) is 83.7 Å². The van der Waals surface area contributed by atoms with Gasteiger partial charge >= 0.3 is 0 Å². The quantitative estimate of drug-likeness (QED) is 0.121. The molecular weight excluding hydrogens is 548 g/mol. The smallest absolute Gasteiger partial charge is 0.119 e. The lowest BCUT2D eigenvalue weighted by Crippen LogP contribution is -2.04. The van der Waals surface area contributed by atoms with Crippen molar-refractivity contribution in [3.05, 3.63) is 84.0 Å². The molecule has 0 spiro atoms. The second-order valence-corrected chi connectivity index (χ2v) is 12.9. The molecule has 43 heavy (non-hydrogen) atoms. The zero-order chi connectivity index (χ0) is 30.6. The molecule has 4 rings (SSSR count). The Labute approximate surface area is 263 Å². The fraction of sp³-hybridized carbons (Fsp3) is 0.421. The molecule has 2 atom stereocenters. The first-order valence-electron chi connectivity index (χ1n) is 15.8. The van der Waals surface area contributed by atoms with Crippen LogP contribution in [-0.2, 0) is 0 Å². The van der Waals surface area contributed by atoms with E-state index in [1.165, 1.54) is 35.7 Å². The summed E-state index contributed by atoms with van der Waals surface area (Å²) in [6.07, 6.45) is 11.5. The topological polar surface area (TPSA) is 44.2 Å². The normalized spacial score (nSPS) is 12.5. The first-order valence-corrected chi connectivity index (χ1v) is 16.5. The van der Waals surface area contributed by atoms with E-state index in [2.05, 4.69) is 123 Å². The maximum Gasteiger partial charge on any atom is 0.119 e. The van der Waals surface area contributed by atoms with Crippen LogP contribution in [0.1, 0.15) is 80.1 Å². The Kier molecular flexibility index (Phi) is 12.4. The van der Waals surface area contributed by atoms with Crippen molar-refractivity contribution < 1.29 is 9.47 Å². The van der Waals surface area contributed by atoms with Gasteiger partial charge in [-0.25, -0.2) is 0 Å². The average molecular weight is 597 g/mol. The summed E-state index contributed by atoms with van der Waals surface area (Å²) >= 11 is 1.26. The molecule has 0 radical (unpaired) electrons. The molecule has 0 saturated heterocycles. The molecule has 0 aliphatic carbocycles. The van der Waals surface area contributed by atoms with Crippen LogP contribution in [0, 0.1) is 11.8 Å². The third kappa shape index (κ3) is 10.1. The van der Waals surface area contributed by atoms with Crippen LogP contribution in [0.15, 0.2) is 84.0 Å². The maximum absolute atomic E-state index is 6.06. The Balaban J connectivity index is 1.33. The molecule has 0 unspecified atom stereocenters. The zero-order valence-electron chi connectivity index (χ0n) is 26.9. The number of hydrogen-bond donors (Lipinski definition) is 0. The van der Waals surface area contributed by atoms with Crippen molar-refractivity contribution in [2.45, 2.75) is 80.1 Å². The van der Waals surface area contributed by atoms with Crippen LogP contribution in [0.4, 0.5) is 0 Å². The van der Waals surface area contributed by atoms with Gasteiger partial charge in [-0.05, 0) is 113 Å². The van der Waals surface area contributed by atoms with Crippen molar-refractivity contribution in [3.63, 3.8) is 0 Å². The first kappa shape index (κ1) is 32.5. The largest absolute Gasteiger partial charge is 0.494 e. The number of ether oxygens (including phenoxy) is 2. The molecule has 0 aliphatic rings. The van der Waals surface area contributed by atoms with Crippen molar-refractivity contribution in [2.75, 3.05) is 13.2 Å². The van der Waals surface area contributed by atoms with E-state index in [1.54, 1.807) is 0 Å². The van der Waals surface area contributed by atoms with Crippen molar-refractivity contribution in [1.29, 1.82) is 0 Å². The van der Waals surface area contributed by atoms with E-state index < -0.39 is 0 Å². The van der Waals surface area contributed by atoms with Gasteiger partial charge in [-0.1, -0.05) is 73.5 Å². The third-order valence-corrected chi connectivity index (χ3v) is 8.46. The van der Waals surface area contributed by atoms with Gasteiger partial charge in [0.05, 0.1) is 24.9 Å². The number of fused-ring (bicyclic) bond motifs is 1. The van der Waals surface area contributed by atoms with E-state index in [1.807, 2.05) is 0 Å². The van der Waals surface area contributed by atoms with Gasteiger partial charge in [0, 0.05) is 11.1 Å². The molecule has 3 aromatic carbocycles. The third-order valence-electron chi connectivity index (χ3n) is 7.93. The lowest BCUT2D eigenvalue weighted by Gasteiger charge is -2.13. The van der Waals surface area contributed by atoms with Gasteiger partial charge < -0.3 is 9.47 Å². The highest BCUT2D eigenvalue weighted by Crippen LogP contribution is 2.35. The highest BCUT2D eigenvalue weighted by atomic mass is 32.1. The van der Waals surface area contributed by atoms with Crippen molar-refractivity contribution in [1.82, 2.24) is 8.75 Å². The Hall–Kier alpha value is -3.44. The van der Waals surface area contributed by atoms with Crippen molar-refractivity contribution in [2.24, 2.45) is 11.8 Å². The molecule has 5 heteroatoms. The summed E-state index contributed by atoms with van der Waals surface area (Å²) in [6.45, 7) is 14.7. The average Bonchev–Trinajstić information content (AvgIpc) is 3.48. The molecule has 0 saturated carbocycles. The van der Waals surface area contributed by atoms with E-state index >= 15 is 0 Å². The molecule has 0 amide bonds. The number of allylic oxidation sites excluding steroid dienone is 4. The van der Waals surface area contributed by atoms with E-state index in [9.17, 15) is 0 Å². The second-order valence-electron chi connectivity index (χ2n) is 12.4. The van der Waals surface area contributed by atoms with Crippen LogP contribution in [0.3, 0.4) is 0 Å². The SMILES string of the molecule is CC(C)=CCC[C@@H](C)CCOc1ccc(-c2ccc(-c3ccc(OCC[C@@H](C)CCC=C(C)C)cc3)c3nsnc23)cc1. The van der Waals surface area contributed by atoms with E-state index in [4.69, 9.17) is 9.47 Å². The number of benzene rings is 3. The summed E-state index contributed by atoms with van der Waals surface area (Å²) in [7, 11) is 0. The first-order chi connectivity index (χ1) is 20.8. The van der Waals surface area contributed by atoms with Gasteiger partial charge in [0.2, 0.25) is 0 Å². The summed E-state index contributed by atoms with van der Waals surface area (Å²) < 4.78 is 21.5. The minimum atomic E-state index is 0.652. The van der Waals surface area contributed by atoms with Gasteiger partial charge in [0.1, 0.15) is 22.5 Å². The van der Waals surface area contributed by atoms with Crippen LogP contribution in [-0.4, -0.2) is 22.0 Å². The summed E-state index contributed by atoms with van der Waals surface area (Å²) in [5.41, 5.74) is 9.07. The van der Waals surface area contributed by atoms with Gasteiger partial charge in [-0.3, -0.25) is 0 Å². The number of hydrogen-bond acceptors (Lipinski definition) is 5. The summed E-state index contributed by atoms with van der Waals surface area (Å²) in [6, 6.07) is 21.0. The maximum atomic E-state index is 6.06. The second kappa shape index (κ2) is 16.4. The Morgan fingerprint density at radius 2 is 1.00 bits per heavy atom. The van der Waals surface area contributed by atoms with Crippen molar-refractivity contribution in [3.8, 4) is 33.8 Å². The molecule has 1 heterocycles. The van der Waals surface area contributed by atoms with Crippen molar-refractivity contribution >= 4 is 22.8 Å². The minimum absolute atomic E-state index is 0.652. The number of aromatic nitrogens is 2. The highest BCUT2D eigenvalue weighted by molar-refractivity contribution is 7.00. The fourth-order valence-electron chi connectivity index (χ4n) is 5.15. The number of nitrogens with zero attached hydrogens (tertiary/aromatic N) is 2. The summed E-state index contributed by atoms with van der Waals surface area (Å²) in [5.74, 6) is 3.12. The van der Waals surface area contributed by atoms with Gasteiger partial charge in [0.15, 0.2) is 0 Å². The fourth-order valence-corrected chi connectivity index (χ4v) is 5.73. The standard InChI is InChI=1S/C38H48N2O2S/c1-27(2)9-7-11-29(5)23-25-41-33-17-13-31(14-18-33)35-21-22-36(38-37(35)39-43-40-38)32-15-19-34(20-16-32)42-26-24-30(6)12-8-10-28(3)4/h9-10,13-22,29-30H,7-8,11-12,23-26H2,1-6H3/t29-,30+. The van der Waals surface area contributed by atoms with Gasteiger partial charge in [-0.15, -0.1) is 0 Å². The molecule has 4 aromatic rings.